The smallest absolute Gasteiger partial charge is 0.247 e. The number of rotatable bonds is 8. The lowest BCUT2D eigenvalue weighted by Crippen LogP contribution is -2.04. The maximum absolute atomic E-state index is 9.87. The zero-order valence-electron chi connectivity index (χ0n) is 17.4. The third-order valence-electron chi connectivity index (χ3n) is 4.40. The fourth-order valence-electron chi connectivity index (χ4n) is 2.81. The average molecular weight is 439 g/mol. The monoisotopic (exact) mass is 439 g/mol. The van der Waals surface area contributed by atoms with Crippen LogP contribution in [0.25, 0.3) is 0 Å². The van der Waals surface area contributed by atoms with E-state index in [-0.39, 0.29) is 17.4 Å². The molecule has 0 aliphatic heterocycles. The summed E-state index contributed by atoms with van der Waals surface area (Å²) in [5.41, 5.74) is 7.57. The summed E-state index contributed by atoms with van der Waals surface area (Å²) >= 11 is 0. The molecule has 0 radical (unpaired) electrons. The standard InChI is InChI=1S/C24H21N7O2/c32-20-12-6-4-8-17(20)15-25-30-23-14-22(27-19-10-2-1-3-11-19)28-24(29-23)31-26-16-18-9-5-7-13-21(18)33/h1-16,32-33H,(H3,27,28,29,30,31). The molecule has 3 aromatic carbocycles. The van der Waals surface area contributed by atoms with Crippen molar-refractivity contribution in [3.05, 3.63) is 96.1 Å². The molecule has 0 spiro atoms. The normalized spacial score (nSPS) is 11.0. The summed E-state index contributed by atoms with van der Waals surface area (Å²) < 4.78 is 0. The Balaban J connectivity index is 1.55. The van der Waals surface area contributed by atoms with Gasteiger partial charge in [0.15, 0.2) is 5.82 Å². The summed E-state index contributed by atoms with van der Waals surface area (Å²) in [5, 5.41) is 31.2. The number of hydrogen-bond acceptors (Lipinski definition) is 9. The van der Waals surface area contributed by atoms with Crippen LogP contribution in [0.15, 0.2) is 95.1 Å². The number of phenolic OH excluding ortho intramolecular Hbond substituents is 2. The molecule has 4 rings (SSSR count). The predicted octanol–water partition coefficient (Wildman–Crippen LogP) is 4.52. The Labute approximate surface area is 190 Å². The second-order valence-corrected chi connectivity index (χ2v) is 6.81. The van der Waals surface area contributed by atoms with Crippen LogP contribution in [0.4, 0.5) is 23.3 Å². The molecule has 0 fully saturated rings. The summed E-state index contributed by atoms with van der Waals surface area (Å²) in [6.07, 6.45) is 2.96. The number of phenols is 2. The Kier molecular flexibility index (Phi) is 6.72. The number of hydrazone groups is 2. The highest BCUT2D eigenvalue weighted by molar-refractivity contribution is 5.84. The zero-order chi connectivity index (χ0) is 22.9. The van der Waals surface area contributed by atoms with E-state index in [2.05, 4.69) is 36.3 Å². The second-order valence-electron chi connectivity index (χ2n) is 6.81. The summed E-state index contributed by atoms with van der Waals surface area (Å²) in [6, 6.07) is 25.0. The van der Waals surface area contributed by atoms with E-state index in [4.69, 9.17) is 0 Å². The van der Waals surface area contributed by atoms with E-state index in [9.17, 15) is 10.2 Å². The minimum Gasteiger partial charge on any atom is -0.507 e. The van der Waals surface area contributed by atoms with E-state index >= 15 is 0 Å². The van der Waals surface area contributed by atoms with Crippen molar-refractivity contribution >= 4 is 35.7 Å². The lowest BCUT2D eigenvalue weighted by atomic mass is 10.2. The molecule has 0 saturated carbocycles. The molecule has 164 valence electrons. The van der Waals surface area contributed by atoms with Crippen molar-refractivity contribution in [3.8, 4) is 11.5 Å². The van der Waals surface area contributed by atoms with Gasteiger partial charge >= 0.3 is 0 Å². The molecule has 0 saturated heterocycles. The van der Waals surface area contributed by atoms with Gasteiger partial charge in [0, 0.05) is 22.9 Å². The van der Waals surface area contributed by atoms with E-state index < -0.39 is 0 Å². The number of benzene rings is 3. The maximum Gasteiger partial charge on any atom is 0.247 e. The molecule has 9 heteroatoms. The topological polar surface area (TPSA) is 127 Å². The van der Waals surface area contributed by atoms with Crippen molar-refractivity contribution in [2.24, 2.45) is 10.2 Å². The van der Waals surface area contributed by atoms with Crippen molar-refractivity contribution < 1.29 is 10.2 Å². The summed E-state index contributed by atoms with van der Waals surface area (Å²) in [5.74, 6) is 1.36. The van der Waals surface area contributed by atoms with Crippen molar-refractivity contribution in [1.29, 1.82) is 0 Å². The van der Waals surface area contributed by atoms with Crippen LogP contribution in [-0.4, -0.2) is 32.6 Å². The minimum absolute atomic E-state index is 0.115. The van der Waals surface area contributed by atoms with E-state index in [0.29, 0.717) is 22.8 Å². The molecule has 0 unspecified atom stereocenters. The van der Waals surface area contributed by atoms with E-state index in [1.165, 1.54) is 12.4 Å². The Hall–Kier alpha value is -4.92. The van der Waals surface area contributed by atoms with Gasteiger partial charge in [0.05, 0.1) is 12.4 Å². The van der Waals surface area contributed by atoms with Crippen LogP contribution in [0.3, 0.4) is 0 Å². The van der Waals surface area contributed by atoms with E-state index in [0.717, 1.165) is 5.69 Å². The van der Waals surface area contributed by atoms with E-state index in [1.54, 1.807) is 54.6 Å². The third kappa shape index (κ3) is 6.05. The highest BCUT2D eigenvalue weighted by Gasteiger charge is 2.05. The van der Waals surface area contributed by atoms with Gasteiger partial charge < -0.3 is 15.5 Å². The highest BCUT2D eigenvalue weighted by Crippen LogP contribution is 2.20. The molecule has 33 heavy (non-hydrogen) atoms. The van der Waals surface area contributed by atoms with Crippen molar-refractivity contribution in [2.75, 3.05) is 16.2 Å². The summed E-state index contributed by atoms with van der Waals surface area (Å²) in [6.45, 7) is 0. The molecular weight excluding hydrogens is 418 g/mol. The van der Waals surface area contributed by atoms with Crippen LogP contribution in [0.2, 0.25) is 0 Å². The molecular formula is C24H21N7O2. The Morgan fingerprint density at radius 1 is 0.636 bits per heavy atom. The van der Waals surface area contributed by atoms with Gasteiger partial charge in [-0.15, -0.1) is 0 Å². The molecule has 0 bridgehead atoms. The van der Waals surface area contributed by atoms with Crippen LogP contribution in [-0.2, 0) is 0 Å². The van der Waals surface area contributed by atoms with Gasteiger partial charge in [-0.1, -0.05) is 42.5 Å². The molecule has 0 aliphatic rings. The Morgan fingerprint density at radius 2 is 1.18 bits per heavy atom. The average Bonchev–Trinajstić information content (AvgIpc) is 2.82. The number of hydrogen-bond donors (Lipinski definition) is 5. The van der Waals surface area contributed by atoms with Gasteiger partial charge in [0.25, 0.3) is 0 Å². The largest absolute Gasteiger partial charge is 0.507 e. The molecule has 0 atom stereocenters. The highest BCUT2D eigenvalue weighted by atomic mass is 16.3. The first-order chi connectivity index (χ1) is 16.2. The number of aromatic nitrogens is 2. The molecule has 1 heterocycles. The van der Waals surface area contributed by atoms with Gasteiger partial charge in [-0.3, -0.25) is 5.43 Å². The third-order valence-corrected chi connectivity index (χ3v) is 4.40. The molecule has 1 aromatic heterocycles. The lowest BCUT2D eigenvalue weighted by Gasteiger charge is -2.09. The summed E-state index contributed by atoms with van der Waals surface area (Å²) in [7, 11) is 0. The van der Waals surface area contributed by atoms with Crippen molar-refractivity contribution in [1.82, 2.24) is 9.97 Å². The Morgan fingerprint density at radius 3 is 1.82 bits per heavy atom. The fraction of sp³-hybridized carbons (Fsp3) is 0. The molecule has 5 N–H and O–H groups in total. The van der Waals surface area contributed by atoms with Crippen LogP contribution < -0.4 is 16.2 Å². The number of para-hydroxylation sites is 3. The van der Waals surface area contributed by atoms with Crippen molar-refractivity contribution in [2.45, 2.75) is 0 Å². The van der Waals surface area contributed by atoms with Gasteiger partial charge in [-0.25, -0.2) is 5.43 Å². The second kappa shape index (κ2) is 10.4. The van der Waals surface area contributed by atoms with Gasteiger partial charge in [-0.2, -0.15) is 20.2 Å². The molecule has 9 nitrogen and oxygen atoms in total. The Bertz CT molecular complexity index is 1200. The number of nitrogens with zero attached hydrogens (tertiary/aromatic N) is 4. The molecule has 0 aliphatic carbocycles. The fourth-order valence-corrected chi connectivity index (χ4v) is 2.81. The van der Waals surface area contributed by atoms with Crippen LogP contribution >= 0.6 is 0 Å². The quantitative estimate of drug-likeness (QED) is 0.202. The van der Waals surface area contributed by atoms with Gasteiger partial charge in [0.2, 0.25) is 5.95 Å². The number of anilines is 4. The number of nitrogens with one attached hydrogen (secondary N) is 3. The minimum atomic E-state index is 0.115. The van der Waals surface area contributed by atoms with E-state index in [1.807, 2.05) is 30.3 Å². The predicted molar refractivity (Wildman–Crippen MR) is 130 cm³/mol. The van der Waals surface area contributed by atoms with Crippen LogP contribution in [0.1, 0.15) is 11.1 Å². The first-order valence-corrected chi connectivity index (χ1v) is 10.0. The molecule has 4 aromatic rings. The maximum atomic E-state index is 9.87. The zero-order valence-corrected chi connectivity index (χ0v) is 17.4. The van der Waals surface area contributed by atoms with Gasteiger partial charge in [-0.05, 0) is 36.4 Å². The van der Waals surface area contributed by atoms with Gasteiger partial charge in [0.1, 0.15) is 17.3 Å². The summed E-state index contributed by atoms with van der Waals surface area (Å²) in [4.78, 5) is 8.78. The van der Waals surface area contributed by atoms with Crippen LogP contribution in [0, 0.1) is 0 Å². The van der Waals surface area contributed by atoms with Crippen LogP contribution in [0.5, 0.6) is 11.5 Å². The van der Waals surface area contributed by atoms with Crippen molar-refractivity contribution in [3.63, 3.8) is 0 Å². The first kappa shape index (κ1) is 21.3. The SMILES string of the molecule is Oc1ccccc1C=NNc1cc(Nc2ccccc2)nc(NN=Cc2ccccc2O)n1. The number of aromatic hydroxyl groups is 2. The molecule has 0 amide bonds. The first-order valence-electron chi connectivity index (χ1n) is 10.0. The lowest BCUT2D eigenvalue weighted by molar-refractivity contribution is 0.474.